The molecule has 0 bridgehead atoms. The Morgan fingerprint density at radius 3 is 2.19 bits per heavy atom. The third-order valence-corrected chi connectivity index (χ3v) is 4.53. The third-order valence-electron chi connectivity index (χ3n) is 3.60. The van der Waals surface area contributed by atoms with Crippen molar-refractivity contribution in [2.24, 2.45) is 5.14 Å². The lowest BCUT2D eigenvalue weighted by atomic mass is 10.1. The van der Waals surface area contributed by atoms with Crippen LogP contribution < -0.4 is 10.5 Å². The third kappa shape index (κ3) is 5.88. The minimum Gasteiger partial charge on any atom is -0.449 e. The van der Waals surface area contributed by atoms with Gasteiger partial charge in [-0.25, -0.2) is 18.4 Å². The highest BCUT2D eigenvalue weighted by Crippen LogP contribution is 2.14. The minimum atomic E-state index is -3.81. The first-order valence-corrected chi connectivity index (χ1v) is 9.48. The summed E-state index contributed by atoms with van der Waals surface area (Å²) in [6, 6.07) is 12.0. The van der Waals surface area contributed by atoms with E-state index in [9.17, 15) is 18.0 Å². The zero-order chi connectivity index (χ0) is 20.0. The zero-order valence-corrected chi connectivity index (χ0v) is 15.7. The summed E-state index contributed by atoms with van der Waals surface area (Å²) < 4.78 is 32.6. The summed E-state index contributed by atoms with van der Waals surface area (Å²) in [7, 11) is -2.23. The number of methoxy groups -OCH3 is 1. The molecule has 2 aromatic rings. The molecule has 0 spiro atoms. The van der Waals surface area contributed by atoms with Gasteiger partial charge in [0.1, 0.15) is 0 Å². The second-order valence-electron chi connectivity index (χ2n) is 5.74. The van der Waals surface area contributed by atoms with Gasteiger partial charge in [0, 0.05) is 12.8 Å². The molecule has 9 heteroatoms. The van der Waals surface area contributed by atoms with Gasteiger partial charge >= 0.3 is 5.97 Å². The Labute approximate surface area is 157 Å². The number of hydrogen-bond acceptors (Lipinski definition) is 6. The molecule has 0 fully saturated rings. The fourth-order valence-electron chi connectivity index (χ4n) is 2.16. The van der Waals surface area contributed by atoms with Crippen LogP contribution >= 0.6 is 0 Å². The lowest BCUT2D eigenvalue weighted by Gasteiger charge is -2.14. The molecule has 8 nitrogen and oxygen atoms in total. The minimum absolute atomic E-state index is 0.0723. The topological polar surface area (TPSA) is 125 Å². The second-order valence-corrected chi connectivity index (χ2v) is 7.30. The molecule has 0 aliphatic carbocycles. The number of sulfonamides is 1. The van der Waals surface area contributed by atoms with Crippen LogP contribution in [0.25, 0.3) is 0 Å². The van der Waals surface area contributed by atoms with Crippen LogP contribution in [0.15, 0.2) is 53.4 Å². The van der Waals surface area contributed by atoms with Gasteiger partial charge in [-0.1, -0.05) is 12.1 Å². The molecule has 0 aliphatic heterocycles. The number of carbonyl (C=O) groups is 2. The SMILES string of the molecule is COCc1ccc(C(=O)O[C@@H](C)C(=O)Nc2ccc(S(N)(=O)=O)cc2)cc1. The summed E-state index contributed by atoms with van der Waals surface area (Å²) in [5, 5.41) is 7.55. The van der Waals surface area contributed by atoms with E-state index in [1.807, 2.05) is 0 Å². The summed E-state index contributed by atoms with van der Waals surface area (Å²) in [6.07, 6.45) is -1.05. The molecular formula is C18H20N2O6S. The van der Waals surface area contributed by atoms with Gasteiger partial charge in [0.15, 0.2) is 6.10 Å². The van der Waals surface area contributed by atoms with Crippen molar-refractivity contribution in [2.75, 3.05) is 12.4 Å². The predicted molar refractivity (Wildman–Crippen MR) is 98.5 cm³/mol. The quantitative estimate of drug-likeness (QED) is 0.691. The van der Waals surface area contributed by atoms with Gasteiger partial charge in [0.25, 0.3) is 5.91 Å². The molecule has 0 radical (unpaired) electrons. The van der Waals surface area contributed by atoms with Crippen LogP contribution in [-0.4, -0.2) is 33.5 Å². The van der Waals surface area contributed by atoms with Gasteiger partial charge in [0.05, 0.1) is 17.1 Å². The van der Waals surface area contributed by atoms with E-state index in [0.717, 1.165) is 5.56 Å². The molecular weight excluding hydrogens is 372 g/mol. The van der Waals surface area contributed by atoms with Crippen LogP contribution in [0.4, 0.5) is 5.69 Å². The summed E-state index contributed by atoms with van der Waals surface area (Å²) in [6.45, 7) is 1.86. The van der Waals surface area contributed by atoms with Crippen molar-refractivity contribution in [1.29, 1.82) is 0 Å². The summed E-state index contributed by atoms with van der Waals surface area (Å²) in [5.74, 6) is -1.19. The van der Waals surface area contributed by atoms with Gasteiger partial charge in [-0.15, -0.1) is 0 Å². The van der Waals surface area contributed by atoms with E-state index in [-0.39, 0.29) is 4.90 Å². The van der Waals surface area contributed by atoms with Gasteiger partial charge in [-0.2, -0.15) is 0 Å². The van der Waals surface area contributed by atoms with E-state index in [4.69, 9.17) is 14.6 Å². The smallest absolute Gasteiger partial charge is 0.338 e. The van der Waals surface area contributed by atoms with E-state index < -0.39 is 28.0 Å². The maximum atomic E-state index is 12.2. The van der Waals surface area contributed by atoms with Crippen molar-refractivity contribution in [3.63, 3.8) is 0 Å². The lowest BCUT2D eigenvalue weighted by molar-refractivity contribution is -0.123. The highest BCUT2D eigenvalue weighted by Gasteiger charge is 2.19. The van der Waals surface area contributed by atoms with Gasteiger partial charge in [-0.05, 0) is 48.9 Å². The molecule has 0 heterocycles. The van der Waals surface area contributed by atoms with E-state index in [1.54, 1.807) is 31.4 Å². The molecule has 0 saturated heterocycles. The Kier molecular flexibility index (Phi) is 6.67. The number of hydrogen-bond donors (Lipinski definition) is 2. The van der Waals surface area contributed by atoms with Crippen molar-refractivity contribution in [2.45, 2.75) is 24.5 Å². The first-order valence-electron chi connectivity index (χ1n) is 7.93. The molecule has 0 aliphatic rings. The summed E-state index contributed by atoms with van der Waals surface area (Å²) in [5.41, 5.74) is 1.56. The lowest BCUT2D eigenvalue weighted by Crippen LogP contribution is -2.30. The number of primary sulfonamides is 1. The van der Waals surface area contributed by atoms with Crippen LogP contribution in [0.3, 0.4) is 0 Å². The monoisotopic (exact) mass is 392 g/mol. The second kappa shape index (κ2) is 8.76. The van der Waals surface area contributed by atoms with Crippen molar-refractivity contribution >= 4 is 27.6 Å². The summed E-state index contributed by atoms with van der Waals surface area (Å²) in [4.78, 5) is 24.2. The van der Waals surface area contributed by atoms with Crippen molar-refractivity contribution in [1.82, 2.24) is 0 Å². The highest BCUT2D eigenvalue weighted by molar-refractivity contribution is 7.89. The Morgan fingerprint density at radius 2 is 1.67 bits per heavy atom. The maximum Gasteiger partial charge on any atom is 0.338 e. The Hall–Kier alpha value is -2.75. The molecule has 27 heavy (non-hydrogen) atoms. The molecule has 2 aromatic carbocycles. The normalized spacial score (nSPS) is 12.3. The Morgan fingerprint density at radius 1 is 1.07 bits per heavy atom. The molecule has 144 valence electrons. The van der Waals surface area contributed by atoms with E-state index >= 15 is 0 Å². The number of carbonyl (C=O) groups excluding carboxylic acids is 2. The molecule has 3 N–H and O–H groups in total. The molecule has 2 rings (SSSR count). The first kappa shape index (κ1) is 20.6. The number of ether oxygens (including phenoxy) is 2. The standard InChI is InChI=1S/C18H20N2O6S/c1-12(26-18(22)14-5-3-13(4-6-14)11-25-2)17(21)20-15-7-9-16(10-8-15)27(19,23)24/h3-10,12H,11H2,1-2H3,(H,20,21)(H2,19,23,24)/t12-/m0/s1. The van der Waals surface area contributed by atoms with Crippen LogP contribution in [-0.2, 0) is 30.9 Å². The summed E-state index contributed by atoms with van der Waals surface area (Å²) >= 11 is 0. The number of esters is 1. The van der Waals surface area contributed by atoms with Gasteiger partial charge in [0.2, 0.25) is 10.0 Å². The zero-order valence-electron chi connectivity index (χ0n) is 14.8. The number of rotatable bonds is 7. The molecule has 0 aromatic heterocycles. The number of amides is 1. The van der Waals surface area contributed by atoms with Crippen LogP contribution in [0.2, 0.25) is 0 Å². The van der Waals surface area contributed by atoms with Crippen LogP contribution in [0, 0.1) is 0 Å². The van der Waals surface area contributed by atoms with E-state index in [2.05, 4.69) is 5.32 Å². The number of benzene rings is 2. The maximum absolute atomic E-state index is 12.2. The largest absolute Gasteiger partial charge is 0.449 e. The molecule has 1 atom stereocenters. The number of anilines is 1. The average Bonchev–Trinajstić information content (AvgIpc) is 2.62. The van der Waals surface area contributed by atoms with Gasteiger partial charge < -0.3 is 14.8 Å². The first-order chi connectivity index (χ1) is 12.7. The number of nitrogens with one attached hydrogen (secondary N) is 1. The average molecular weight is 392 g/mol. The van der Waals surface area contributed by atoms with E-state index in [1.165, 1.54) is 31.2 Å². The van der Waals surface area contributed by atoms with Crippen LogP contribution in [0.5, 0.6) is 0 Å². The molecule has 0 saturated carbocycles. The van der Waals surface area contributed by atoms with Crippen molar-refractivity contribution in [3.8, 4) is 0 Å². The van der Waals surface area contributed by atoms with E-state index in [0.29, 0.717) is 17.9 Å². The number of nitrogens with two attached hydrogens (primary N) is 1. The molecule has 0 unspecified atom stereocenters. The van der Waals surface area contributed by atoms with Gasteiger partial charge in [-0.3, -0.25) is 4.79 Å². The highest BCUT2D eigenvalue weighted by atomic mass is 32.2. The Bertz CT molecular complexity index is 908. The fraction of sp³-hybridized carbons (Fsp3) is 0.222. The van der Waals surface area contributed by atoms with Crippen LogP contribution in [0.1, 0.15) is 22.8 Å². The van der Waals surface area contributed by atoms with Crippen molar-refractivity contribution < 1.29 is 27.5 Å². The Balaban J connectivity index is 1.95. The predicted octanol–water partition coefficient (Wildman–Crippen LogP) is 1.66. The van der Waals surface area contributed by atoms with Crippen molar-refractivity contribution in [3.05, 3.63) is 59.7 Å². The fourth-order valence-corrected chi connectivity index (χ4v) is 2.67. The molecule has 1 amide bonds.